The molecule has 2 rings (SSSR count). The fourth-order valence-corrected chi connectivity index (χ4v) is 2.18. The van der Waals surface area contributed by atoms with Gasteiger partial charge in [-0.2, -0.15) is 0 Å². The number of rotatable bonds is 3. The normalized spacial score (nSPS) is 10.5. The molecule has 1 aromatic heterocycles. The Balaban J connectivity index is 2.28. The van der Waals surface area contributed by atoms with E-state index >= 15 is 0 Å². The third-order valence-electron chi connectivity index (χ3n) is 2.38. The summed E-state index contributed by atoms with van der Waals surface area (Å²) in [5, 5.41) is 10.4. The predicted molar refractivity (Wildman–Crippen MR) is 64.1 cm³/mol. The van der Waals surface area contributed by atoms with Crippen LogP contribution in [0, 0.1) is 0 Å². The molecule has 2 nitrogen and oxygen atoms in total. The zero-order valence-electron chi connectivity index (χ0n) is 9.03. The Labute approximate surface area is 94.0 Å². The van der Waals surface area contributed by atoms with Crippen LogP contribution in [0.4, 0.5) is 0 Å². The first-order valence-electron chi connectivity index (χ1n) is 5.25. The van der Waals surface area contributed by atoms with Crippen molar-refractivity contribution in [1.82, 2.24) is 10.2 Å². The molecule has 0 N–H and O–H groups in total. The molecular formula is C12H14N2S. The van der Waals surface area contributed by atoms with Gasteiger partial charge in [0.05, 0.1) is 0 Å². The van der Waals surface area contributed by atoms with Crippen molar-refractivity contribution < 1.29 is 0 Å². The van der Waals surface area contributed by atoms with E-state index in [0.717, 1.165) is 22.9 Å². The molecule has 2 aromatic rings. The van der Waals surface area contributed by atoms with E-state index in [1.54, 1.807) is 11.3 Å². The van der Waals surface area contributed by atoms with Crippen LogP contribution in [0.2, 0.25) is 0 Å². The zero-order valence-corrected chi connectivity index (χ0v) is 9.84. The molecule has 0 aliphatic rings. The quantitative estimate of drug-likeness (QED) is 0.789. The SMILES string of the molecule is CCc1ccc(-c2nnc(CC)s2)cc1. The number of nitrogens with zero attached hydrogens (tertiary/aromatic N) is 2. The molecule has 0 saturated heterocycles. The summed E-state index contributed by atoms with van der Waals surface area (Å²) < 4.78 is 0. The number of hydrogen-bond acceptors (Lipinski definition) is 3. The van der Waals surface area contributed by atoms with Crippen molar-refractivity contribution in [1.29, 1.82) is 0 Å². The fourth-order valence-electron chi connectivity index (χ4n) is 1.40. The van der Waals surface area contributed by atoms with E-state index in [1.165, 1.54) is 11.1 Å². The van der Waals surface area contributed by atoms with Crippen LogP contribution in [0.25, 0.3) is 10.6 Å². The van der Waals surface area contributed by atoms with Gasteiger partial charge in [-0.3, -0.25) is 0 Å². The van der Waals surface area contributed by atoms with Gasteiger partial charge in [-0.1, -0.05) is 49.4 Å². The maximum Gasteiger partial charge on any atom is 0.147 e. The molecule has 15 heavy (non-hydrogen) atoms. The Morgan fingerprint density at radius 2 is 1.73 bits per heavy atom. The van der Waals surface area contributed by atoms with Crippen LogP contribution in [0.3, 0.4) is 0 Å². The average Bonchev–Trinajstić information content (AvgIpc) is 2.78. The highest BCUT2D eigenvalue weighted by Gasteiger charge is 2.04. The minimum Gasteiger partial charge on any atom is -0.143 e. The van der Waals surface area contributed by atoms with Gasteiger partial charge in [0, 0.05) is 5.56 Å². The van der Waals surface area contributed by atoms with Gasteiger partial charge in [-0.15, -0.1) is 10.2 Å². The smallest absolute Gasteiger partial charge is 0.143 e. The highest BCUT2D eigenvalue weighted by Crippen LogP contribution is 2.23. The monoisotopic (exact) mass is 218 g/mol. The van der Waals surface area contributed by atoms with Crippen LogP contribution in [-0.4, -0.2) is 10.2 Å². The largest absolute Gasteiger partial charge is 0.147 e. The third-order valence-corrected chi connectivity index (χ3v) is 3.50. The molecule has 0 fully saturated rings. The van der Waals surface area contributed by atoms with Crippen LogP contribution in [0.15, 0.2) is 24.3 Å². The van der Waals surface area contributed by atoms with Crippen molar-refractivity contribution in [2.24, 2.45) is 0 Å². The lowest BCUT2D eigenvalue weighted by molar-refractivity contribution is 0.986. The predicted octanol–water partition coefficient (Wildman–Crippen LogP) is 3.33. The van der Waals surface area contributed by atoms with E-state index in [4.69, 9.17) is 0 Å². The van der Waals surface area contributed by atoms with Gasteiger partial charge in [0.15, 0.2) is 0 Å². The number of aryl methyl sites for hydroxylation is 2. The highest BCUT2D eigenvalue weighted by atomic mass is 32.1. The van der Waals surface area contributed by atoms with E-state index in [9.17, 15) is 0 Å². The van der Waals surface area contributed by atoms with Gasteiger partial charge in [0.2, 0.25) is 0 Å². The molecule has 3 heteroatoms. The molecule has 0 amide bonds. The molecule has 0 bridgehead atoms. The topological polar surface area (TPSA) is 25.8 Å². The molecule has 0 saturated carbocycles. The van der Waals surface area contributed by atoms with Crippen molar-refractivity contribution in [3.8, 4) is 10.6 Å². The third kappa shape index (κ3) is 2.23. The zero-order chi connectivity index (χ0) is 10.7. The van der Waals surface area contributed by atoms with Crippen LogP contribution >= 0.6 is 11.3 Å². The molecular weight excluding hydrogens is 204 g/mol. The second kappa shape index (κ2) is 4.53. The summed E-state index contributed by atoms with van der Waals surface area (Å²) in [4.78, 5) is 0. The van der Waals surface area contributed by atoms with Crippen molar-refractivity contribution in [3.05, 3.63) is 34.8 Å². The second-order valence-corrected chi connectivity index (χ2v) is 4.47. The maximum absolute atomic E-state index is 4.18. The molecule has 0 radical (unpaired) electrons. The highest BCUT2D eigenvalue weighted by molar-refractivity contribution is 7.14. The lowest BCUT2D eigenvalue weighted by atomic mass is 10.1. The van der Waals surface area contributed by atoms with Gasteiger partial charge >= 0.3 is 0 Å². The molecule has 0 atom stereocenters. The number of hydrogen-bond donors (Lipinski definition) is 0. The molecule has 78 valence electrons. The first-order valence-corrected chi connectivity index (χ1v) is 6.06. The standard InChI is InChI=1S/C12H14N2S/c1-3-9-5-7-10(8-6-9)12-14-13-11(4-2)15-12/h5-8H,3-4H2,1-2H3. The summed E-state index contributed by atoms with van der Waals surface area (Å²) in [6.07, 6.45) is 2.04. The summed E-state index contributed by atoms with van der Waals surface area (Å²) in [6.45, 7) is 4.26. The second-order valence-electron chi connectivity index (χ2n) is 3.40. The Morgan fingerprint density at radius 3 is 2.27 bits per heavy atom. The van der Waals surface area contributed by atoms with Gasteiger partial charge in [0.1, 0.15) is 10.0 Å². The number of aromatic nitrogens is 2. The van der Waals surface area contributed by atoms with Crippen LogP contribution in [0.5, 0.6) is 0 Å². The van der Waals surface area contributed by atoms with Gasteiger partial charge in [0.25, 0.3) is 0 Å². The Morgan fingerprint density at radius 1 is 1.00 bits per heavy atom. The van der Waals surface area contributed by atoms with Crippen molar-refractivity contribution in [3.63, 3.8) is 0 Å². The Hall–Kier alpha value is -1.22. The summed E-state index contributed by atoms with van der Waals surface area (Å²) in [7, 11) is 0. The van der Waals surface area contributed by atoms with Crippen molar-refractivity contribution in [2.45, 2.75) is 26.7 Å². The van der Waals surface area contributed by atoms with Crippen LogP contribution in [-0.2, 0) is 12.8 Å². The lowest BCUT2D eigenvalue weighted by Gasteiger charge is -1.97. The minimum atomic E-state index is 0.963. The summed E-state index contributed by atoms with van der Waals surface area (Å²) in [5.41, 5.74) is 2.53. The number of benzene rings is 1. The minimum absolute atomic E-state index is 0.963. The van der Waals surface area contributed by atoms with E-state index in [0.29, 0.717) is 0 Å². The molecule has 0 aliphatic heterocycles. The van der Waals surface area contributed by atoms with Crippen LogP contribution in [0.1, 0.15) is 24.4 Å². The maximum atomic E-state index is 4.18. The van der Waals surface area contributed by atoms with Gasteiger partial charge in [-0.05, 0) is 18.4 Å². The van der Waals surface area contributed by atoms with E-state index < -0.39 is 0 Å². The van der Waals surface area contributed by atoms with Gasteiger partial charge in [-0.25, -0.2) is 0 Å². The van der Waals surface area contributed by atoms with E-state index in [1.807, 2.05) is 0 Å². The van der Waals surface area contributed by atoms with Gasteiger partial charge < -0.3 is 0 Å². The molecule has 1 heterocycles. The van der Waals surface area contributed by atoms with Crippen molar-refractivity contribution >= 4 is 11.3 Å². The van der Waals surface area contributed by atoms with Crippen molar-refractivity contribution in [2.75, 3.05) is 0 Å². The molecule has 0 spiro atoms. The average molecular weight is 218 g/mol. The summed E-state index contributed by atoms with van der Waals surface area (Å²) in [5.74, 6) is 0. The van der Waals surface area contributed by atoms with Crippen LogP contribution < -0.4 is 0 Å². The summed E-state index contributed by atoms with van der Waals surface area (Å²) >= 11 is 1.68. The lowest BCUT2D eigenvalue weighted by Crippen LogP contribution is -1.80. The molecule has 1 aromatic carbocycles. The molecule has 0 aliphatic carbocycles. The Bertz CT molecular complexity index is 431. The first kappa shape index (κ1) is 10.3. The summed E-state index contributed by atoms with van der Waals surface area (Å²) in [6, 6.07) is 8.56. The van der Waals surface area contributed by atoms with E-state index in [-0.39, 0.29) is 0 Å². The Kier molecular flexibility index (Phi) is 3.11. The molecule has 0 unspecified atom stereocenters. The fraction of sp³-hybridized carbons (Fsp3) is 0.333. The van der Waals surface area contributed by atoms with E-state index in [2.05, 4.69) is 48.3 Å². The first-order chi connectivity index (χ1) is 7.33.